The van der Waals surface area contributed by atoms with Crippen LogP contribution in [0.5, 0.6) is 0 Å². The summed E-state index contributed by atoms with van der Waals surface area (Å²) in [6.07, 6.45) is 0. The van der Waals surface area contributed by atoms with E-state index in [2.05, 4.69) is 32.6 Å². The molecule has 0 aliphatic heterocycles. The normalized spacial score (nSPS) is 12.1. The van der Waals surface area contributed by atoms with Gasteiger partial charge in [-0.05, 0) is 18.6 Å². The number of fused-ring (bicyclic) bond motifs is 1. The van der Waals surface area contributed by atoms with Gasteiger partial charge in [-0.25, -0.2) is 0 Å². The zero-order valence-electron chi connectivity index (χ0n) is 11.2. The van der Waals surface area contributed by atoms with E-state index in [9.17, 15) is 4.79 Å². The minimum Gasteiger partial charge on any atom is -0.288 e. The number of aromatic nitrogens is 1. The van der Waals surface area contributed by atoms with Crippen molar-refractivity contribution in [1.29, 1.82) is 0 Å². The number of nitrogens with zero attached hydrogens (tertiary/aromatic N) is 1. The van der Waals surface area contributed by atoms with E-state index in [0.717, 1.165) is 5.52 Å². The van der Waals surface area contributed by atoms with E-state index in [-0.39, 0.29) is 5.91 Å². The second-order valence-electron chi connectivity index (χ2n) is 5.60. The van der Waals surface area contributed by atoms with Crippen LogP contribution in [0.4, 0.5) is 0 Å². The largest absolute Gasteiger partial charge is 0.288 e. The lowest BCUT2D eigenvalue weighted by Crippen LogP contribution is -2.45. The Hall–Kier alpha value is -1.35. The van der Waals surface area contributed by atoms with E-state index < -0.39 is 8.07 Å². The fourth-order valence-electron chi connectivity index (χ4n) is 2.63. The van der Waals surface area contributed by atoms with E-state index >= 15 is 0 Å². The summed E-state index contributed by atoms with van der Waals surface area (Å²) in [4.78, 5) is 11.9. The summed E-state index contributed by atoms with van der Waals surface area (Å²) in [6, 6.07) is 8.17. The molecule has 0 saturated carbocycles. The van der Waals surface area contributed by atoms with Crippen LogP contribution in [0.2, 0.25) is 19.6 Å². The molecular formula is C14H19NOSi. The Bertz CT molecular complexity index is 590. The van der Waals surface area contributed by atoms with E-state index in [4.69, 9.17) is 0 Å². The first kappa shape index (κ1) is 12.1. The molecule has 0 saturated heterocycles. The van der Waals surface area contributed by atoms with Gasteiger partial charge in [0.15, 0.2) is 0 Å². The quantitative estimate of drug-likeness (QED) is 0.707. The molecule has 2 nitrogen and oxygen atoms in total. The first-order chi connectivity index (χ1) is 7.84. The molecule has 0 unspecified atom stereocenters. The fourth-order valence-corrected chi connectivity index (χ4v) is 4.83. The summed E-state index contributed by atoms with van der Waals surface area (Å²) in [6.45, 7) is 10.6. The third kappa shape index (κ3) is 1.84. The molecule has 2 rings (SSSR count). The van der Waals surface area contributed by atoms with Gasteiger partial charge in [0, 0.05) is 17.6 Å². The van der Waals surface area contributed by atoms with Gasteiger partial charge in [-0.3, -0.25) is 9.36 Å². The van der Waals surface area contributed by atoms with Crippen LogP contribution in [-0.4, -0.2) is 18.5 Å². The highest BCUT2D eigenvalue weighted by Gasteiger charge is 2.27. The van der Waals surface area contributed by atoms with Gasteiger partial charge in [0.2, 0.25) is 5.91 Å². The first-order valence-electron chi connectivity index (χ1n) is 5.95. The molecule has 0 aliphatic carbocycles. The minimum atomic E-state index is -1.53. The van der Waals surface area contributed by atoms with Crippen molar-refractivity contribution in [2.45, 2.75) is 33.5 Å². The summed E-state index contributed by atoms with van der Waals surface area (Å²) in [5, 5.41) is 2.46. The van der Waals surface area contributed by atoms with Gasteiger partial charge in [0.25, 0.3) is 0 Å². The standard InChI is InChI=1S/C14H19NOSi/c1-10-12-8-6-7-9-13(12)15(11(2)16)14(10)17(3,4)5/h6-9H,1-5H3. The maximum absolute atomic E-state index is 11.9. The Kier molecular flexibility index (Phi) is 2.74. The second-order valence-corrected chi connectivity index (χ2v) is 10.6. The third-order valence-corrected chi connectivity index (χ3v) is 5.17. The molecule has 0 aliphatic rings. The number of rotatable bonds is 1. The molecule has 1 heterocycles. The van der Waals surface area contributed by atoms with Gasteiger partial charge in [-0.15, -0.1) is 0 Å². The maximum atomic E-state index is 11.9. The number of hydrogen-bond donors (Lipinski definition) is 0. The Labute approximate surface area is 103 Å². The summed E-state index contributed by atoms with van der Waals surface area (Å²) in [7, 11) is -1.53. The molecule has 90 valence electrons. The molecule has 0 N–H and O–H groups in total. The predicted molar refractivity (Wildman–Crippen MR) is 76.0 cm³/mol. The van der Waals surface area contributed by atoms with Crippen molar-refractivity contribution in [3.8, 4) is 0 Å². The van der Waals surface area contributed by atoms with Gasteiger partial charge < -0.3 is 0 Å². The molecule has 0 bridgehead atoms. The number of benzene rings is 1. The van der Waals surface area contributed by atoms with Crippen LogP contribution in [0.15, 0.2) is 24.3 Å². The second kappa shape index (κ2) is 3.84. The summed E-state index contributed by atoms with van der Waals surface area (Å²) >= 11 is 0. The molecule has 1 aromatic heterocycles. The van der Waals surface area contributed by atoms with Crippen molar-refractivity contribution in [2.75, 3.05) is 0 Å². The van der Waals surface area contributed by atoms with Crippen molar-refractivity contribution >= 4 is 30.2 Å². The molecule has 0 amide bonds. The average Bonchev–Trinajstić information content (AvgIpc) is 2.52. The van der Waals surface area contributed by atoms with E-state index in [1.54, 1.807) is 6.92 Å². The van der Waals surface area contributed by atoms with Crippen LogP contribution in [0.1, 0.15) is 17.3 Å². The highest BCUT2D eigenvalue weighted by atomic mass is 28.3. The molecule has 0 atom stereocenters. The van der Waals surface area contributed by atoms with Gasteiger partial charge in [-0.2, -0.15) is 0 Å². The summed E-state index contributed by atoms with van der Waals surface area (Å²) in [5.74, 6) is 0.117. The SMILES string of the molecule is CC(=O)n1c([Si](C)(C)C)c(C)c2ccccc21. The molecule has 0 fully saturated rings. The van der Waals surface area contributed by atoms with Gasteiger partial charge in [0.1, 0.15) is 0 Å². The highest BCUT2D eigenvalue weighted by molar-refractivity contribution is 6.89. The fraction of sp³-hybridized carbons (Fsp3) is 0.357. The van der Waals surface area contributed by atoms with Crippen molar-refractivity contribution in [2.24, 2.45) is 0 Å². The zero-order valence-corrected chi connectivity index (χ0v) is 12.2. The van der Waals surface area contributed by atoms with E-state index in [1.807, 2.05) is 22.8 Å². The molecule has 2 aromatic rings. The Morgan fingerprint density at radius 2 is 1.76 bits per heavy atom. The maximum Gasteiger partial charge on any atom is 0.227 e. The topological polar surface area (TPSA) is 22.0 Å². The Balaban J connectivity index is 2.96. The lowest BCUT2D eigenvalue weighted by molar-refractivity contribution is 0.0944. The molecule has 0 spiro atoms. The Morgan fingerprint density at radius 3 is 2.29 bits per heavy atom. The molecule has 1 aromatic carbocycles. The van der Waals surface area contributed by atoms with Gasteiger partial charge in [-0.1, -0.05) is 37.8 Å². The van der Waals surface area contributed by atoms with E-state index in [0.29, 0.717) is 0 Å². The summed E-state index contributed by atoms with van der Waals surface area (Å²) < 4.78 is 1.91. The highest BCUT2D eigenvalue weighted by Crippen LogP contribution is 2.22. The van der Waals surface area contributed by atoms with Crippen molar-refractivity contribution in [1.82, 2.24) is 4.57 Å². The van der Waals surface area contributed by atoms with Crippen molar-refractivity contribution in [3.63, 3.8) is 0 Å². The average molecular weight is 245 g/mol. The Morgan fingerprint density at radius 1 is 1.18 bits per heavy atom. The molecule has 0 radical (unpaired) electrons. The lowest BCUT2D eigenvalue weighted by atomic mass is 10.2. The predicted octanol–water partition coefficient (Wildman–Crippen LogP) is 3.16. The third-order valence-electron chi connectivity index (χ3n) is 3.15. The lowest BCUT2D eigenvalue weighted by Gasteiger charge is -2.20. The smallest absolute Gasteiger partial charge is 0.227 e. The van der Waals surface area contributed by atoms with Gasteiger partial charge >= 0.3 is 0 Å². The van der Waals surface area contributed by atoms with E-state index in [1.165, 1.54) is 16.3 Å². The number of aryl methyl sites for hydroxylation is 1. The first-order valence-corrected chi connectivity index (χ1v) is 9.45. The van der Waals surface area contributed by atoms with Gasteiger partial charge in [0.05, 0.1) is 13.6 Å². The van der Waals surface area contributed by atoms with Crippen LogP contribution in [0, 0.1) is 6.92 Å². The molecule has 3 heteroatoms. The summed E-state index contributed by atoms with van der Waals surface area (Å²) in [5.41, 5.74) is 2.32. The number of hydrogen-bond acceptors (Lipinski definition) is 1. The zero-order chi connectivity index (χ0) is 12.8. The van der Waals surface area contributed by atoms with Crippen LogP contribution < -0.4 is 5.32 Å². The van der Waals surface area contributed by atoms with Crippen LogP contribution in [0.3, 0.4) is 0 Å². The number of para-hydroxylation sites is 1. The number of carbonyl (C=O) groups excluding carboxylic acids is 1. The molecular weight excluding hydrogens is 226 g/mol. The number of carbonyl (C=O) groups is 1. The molecule has 17 heavy (non-hydrogen) atoms. The van der Waals surface area contributed by atoms with Crippen LogP contribution in [0.25, 0.3) is 10.9 Å². The van der Waals surface area contributed by atoms with Crippen LogP contribution >= 0.6 is 0 Å². The monoisotopic (exact) mass is 245 g/mol. The van der Waals surface area contributed by atoms with Crippen LogP contribution in [-0.2, 0) is 0 Å². The van der Waals surface area contributed by atoms with Crippen molar-refractivity contribution in [3.05, 3.63) is 29.8 Å². The minimum absolute atomic E-state index is 0.117. The van der Waals surface area contributed by atoms with Crippen molar-refractivity contribution < 1.29 is 4.79 Å².